The lowest BCUT2D eigenvalue weighted by Gasteiger charge is -2.41. The number of rotatable bonds is 3. The first-order valence-corrected chi connectivity index (χ1v) is 10.6. The molecule has 3 aromatic carbocycles. The maximum Gasteiger partial charge on any atom is 0.329 e. The minimum Gasteiger partial charge on any atom is -0.465 e. The lowest BCUT2D eigenvalue weighted by molar-refractivity contribution is -0.156. The third-order valence-corrected chi connectivity index (χ3v) is 7.04. The number of hydrogen-bond donors (Lipinski definition) is 0. The van der Waals surface area contributed by atoms with Gasteiger partial charge in [0.2, 0.25) is 0 Å². The van der Waals surface area contributed by atoms with Crippen LogP contribution in [0.15, 0.2) is 60.7 Å². The van der Waals surface area contributed by atoms with Crippen molar-refractivity contribution in [3.05, 3.63) is 83.2 Å². The average Bonchev–Trinajstić information content (AvgIpc) is 3.22. The van der Waals surface area contributed by atoms with Gasteiger partial charge in [0.25, 0.3) is 0 Å². The lowest BCUT2D eigenvalue weighted by Crippen LogP contribution is -2.58. The molecule has 6 heteroatoms. The quantitative estimate of drug-likeness (QED) is 0.586. The van der Waals surface area contributed by atoms with Crippen molar-refractivity contribution in [1.82, 2.24) is 4.90 Å². The largest absolute Gasteiger partial charge is 0.465 e. The number of hydrogen-bond acceptors (Lipinski definition) is 5. The smallest absolute Gasteiger partial charge is 0.329 e. The van der Waals surface area contributed by atoms with Crippen LogP contribution in [0.2, 0.25) is 0 Å². The molecule has 1 spiro atoms. The van der Waals surface area contributed by atoms with Gasteiger partial charge in [0.15, 0.2) is 11.2 Å². The highest BCUT2D eigenvalue weighted by atomic mass is 19.1. The number of likely N-dealkylation sites (N-methyl/N-ethyl adjacent to an activating group) is 1. The number of halogens is 1. The summed E-state index contributed by atoms with van der Waals surface area (Å²) in [6.45, 7) is 2.00. The zero-order valence-corrected chi connectivity index (χ0v) is 17.8. The fourth-order valence-corrected chi connectivity index (χ4v) is 5.81. The molecular weight excluding hydrogens is 407 g/mol. The number of ketones is 1. The molecule has 0 aromatic heterocycles. The Morgan fingerprint density at radius 1 is 1.19 bits per heavy atom. The van der Waals surface area contributed by atoms with E-state index < -0.39 is 28.7 Å². The van der Waals surface area contributed by atoms with Gasteiger partial charge in [-0.1, -0.05) is 48.5 Å². The van der Waals surface area contributed by atoms with E-state index in [1.54, 1.807) is 37.1 Å². The number of Topliss-reactive ketones (excluding diaryl/α,β-unsaturated/α-hetero) is 1. The summed E-state index contributed by atoms with van der Waals surface area (Å²) < 4.78 is 19.1. The second kappa shape index (κ2) is 6.98. The van der Waals surface area contributed by atoms with E-state index in [0.29, 0.717) is 16.7 Å². The van der Waals surface area contributed by atoms with Gasteiger partial charge in [-0.15, -0.1) is 0 Å². The van der Waals surface area contributed by atoms with Gasteiger partial charge in [0.1, 0.15) is 11.4 Å². The van der Waals surface area contributed by atoms with E-state index >= 15 is 0 Å². The van der Waals surface area contributed by atoms with Gasteiger partial charge in [-0.05, 0) is 48.0 Å². The number of fused-ring (bicyclic) bond motifs is 1. The van der Waals surface area contributed by atoms with E-state index in [1.807, 2.05) is 30.3 Å². The van der Waals surface area contributed by atoms with Crippen LogP contribution in [0.3, 0.4) is 0 Å². The Labute approximate surface area is 185 Å². The summed E-state index contributed by atoms with van der Waals surface area (Å²) in [5.41, 5.74) is -1.65. The van der Waals surface area contributed by atoms with Gasteiger partial charge < -0.3 is 4.74 Å². The Morgan fingerprint density at radius 3 is 2.53 bits per heavy atom. The van der Waals surface area contributed by atoms with Gasteiger partial charge in [0.05, 0.1) is 12.7 Å². The van der Waals surface area contributed by atoms with E-state index in [9.17, 15) is 19.2 Å². The zero-order valence-electron chi connectivity index (χ0n) is 17.8. The molecule has 1 fully saturated rings. The second-order valence-corrected chi connectivity index (χ2v) is 8.37. The first-order chi connectivity index (χ1) is 15.4. The molecule has 1 aliphatic carbocycles. The first kappa shape index (κ1) is 20.3. The van der Waals surface area contributed by atoms with Gasteiger partial charge >= 0.3 is 5.97 Å². The third-order valence-electron chi connectivity index (χ3n) is 7.04. The molecule has 0 saturated carbocycles. The molecule has 0 N–H and O–H groups in total. The van der Waals surface area contributed by atoms with Crippen molar-refractivity contribution < 1.29 is 18.7 Å². The van der Waals surface area contributed by atoms with Crippen LogP contribution < -0.4 is 0 Å². The second-order valence-electron chi connectivity index (χ2n) is 8.37. The molecule has 5 nitrogen and oxygen atoms in total. The minimum absolute atomic E-state index is 0.0730. The number of carbonyl (C=O) groups excluding carboxylic acids is 2. The molecule has 0 radical (unpaired) electrons. The summed E-state index contributed by atoms with van der Waals surface area (Å²) in [6, 6.07) is 19.1. The standard InChI is InChI=1S/C26H21FN2O3/c1-3-32-24(31)25(15-28)21(16-10-12-18(27)13-11-16)14-29(2)26(25)20-9-5-7-17-6-4-8-19(22(17)20)23(26)30/h4-13,21H,3,14H2,1-2H3/t21-,25+,26+/m1/s1. The molecule has 5 rings (SSSR count). The Hall–Kier alpha value is -3.56. The molecule has 0 unspecified atom stereocenters. The van der Waals surface area contributed by atoms with Gasteiger partial charge in [-0.2, -0.15) is 5.26 Å². The zero-order chi connectivity index (χ0) is 22.7. The van der Waals surface area contributed by atoms with Crippen LogP contribution in [0.4, 0.5) is 4.39 Å². The van der Waals surface area contributed by atoms with E-state index in [0.717, 1.165) is 10.8 Å². The summed E-state index contributed by atoms with van der Waals surface area (Å²) in [5, 5.41) is 12.3. The van der Waals surface area contributed by atoms with E-state index in [-0.39, 0.29) is 18.9 Å². The molecule has 32 heavy (non-hydrogen) atoms. The van der Waals surface area contributed by atoms with Crippen molar-refractivity contribution in [2.24, 2.45) is 5.41 Å². The Kier molecular flexibility index (Phi) is 4.44. The Bertz CT molecular complexity index is 1310. The lowest BCUT2D eigenvalue weighted by atomic mass is 9.61. The predicted octanol–water partition coefficient (Wildman–Crippen LogP) is 4.17. The Balaban J connectivity index is 1.87. The molecule has 1 heterocycles. The summed E-state index contributed by atoms with van der Waals surface area (Å²) >= 11 is 0. The summed E-state index contributed by atoms with van der Waals surface area (Å²) in [6.07, 6.45) is 0. The first-order valence-electron chi connectivity index (χ1n) is 10.6. The monoisotopic (exact) mass is 428 g/mol. The molecule has 160 valence electrons. The van der Waals surface area contributed by atoms with Crippen LogP contribution in [-0.2, 0) is 15.1 Å². The van der Waals surface area contributed by atoms with Crippen molar-refractivity contribution in [3.63, 3.8) is 0 Å². The number of likely N-dealkylation sites (tertiary alicyclic amines) is 1. The van der Waals surface area contributed by atoms with Gasteiger partial charge in [0, 0.05) is 18.0 Å². The topological polar surface area (TPSA) is 70.4 Å². The summed E-state index contributed by atoms with van der Waals surface area (Å²) in [5.74, 6) is -2.13. The van der Waals surface area contributed by atoms with Crippen molar-refractivity contribution in [2.75, 3.05) is 20.2 Å². The van der Waals surface area contributed by atoms with E-state index in [1.165, 1.54) is 12.1 Å². The van der Waals surface area contributed by atoms with Crippen molar-refractivity contribution in [1.29, 1.82) is 5.26 Å². The van der Waals surface area contributed by atoms with Crippen molar-refractivity contribution in [2.45, 2.75) is 18.4 Å². The molecule has 3 aromatic rings. The number of nitriles is 1. The number of benzene rings is 3. The molecule has 2 aliphatic rings. The maximum atomic E-state index is 14.2. The summed E-state index contributed by atoms with van der Waals surface area (Å²) in [7, 11) is 1.76. The molecule has 0 bridgehead atoms. The Morgan fingerprint density at radius 2 is 1.88 bits per heavy atom. The third kappa shape index (κ3) is 2.24. The van der Waals surface area contributed by atoms with Gasteiger partial charge in [-0.3, -0.25) is 14.5 Å². The maximum absolute atomic E-state index is 14.2. The highest BCUT2D eigenvalue weighted by molar-refractivity contribution is 6.22. The molecule has 3 atom stereocenters. The molecule has 1 saturated heterocycles. The molecule has 0 amide bonds. The molecular formula is C26H21FN2O3. The summed E-state index contributed by atoms with van der Waals surface area (Å²) in [4.78, 5) is 29.6. The van der Waals surface area contributed by atoms with E-state index in [4.69, 9.17) is 4.74 Å². The molecule has 1 aliphatic heterocycles. The van der Waals surface area contributed by atoms with E-state index in [2.05, 4.69) is 6.07 Å². The highest BCUT2D eigenvalue weighted by Crippen LogP contribution is 2.63. The van der Waals surface area contributed by atoms with Crippen LogP contribution in [0.5, 0.6) is 0 Å². The van der Waals surface area contributed by atoms with Gasteiger partial charge in [-0.25, -0.2) is 4.39 Å². The number of nitrogens with zero attached hydrogens (tertiary/aromatic N) is 2. The number of esters is 1. The normalized spacial score (nSPS) is 26.6. The fraction of sp³-hybridized carbons (Fsp3) is 0.269. The van der Waals surface area contributed by atoms with Crippen LogP contribution in [0, 0.1) is 22.6 Å². The predicted molar refractivity (Wildman–Crippen MR) is 116 cm³/mol. The van der Waals surface area contributed by atoms with Crippen molar-refractivity contribution >= 4 is 22.5 Å². The SMILES string of the molecule is CCOC(=O)[C@]1(C#N)[C@@H](c2ccc(F)cc2)CN(C)[C@@]12C(=O)c1cccc3cccc2c13. The highest BCUT2D eigenvalue weighted by Gasteiger charge is 2.75. The van der Waals surface area contributed by atoms with Crippen molar-refractivity contribution in [3.8, 4) is 6.07 Å². The van der Waals surface area contributed by atoms with Crippen LogP contribution in [-0.4, -0.2) is 36.9 Å². The average molecular weight is 428 g/mol. The van der Waals surface area contributed by atoms with Crippen LogP contribution >= 0.6 is 0 Å². The van der Waals surface area contributed by atoms with Crippen LogP contribution in [0.25, 0.3) is 10.8 Å². The number of ether oxygens (including phenoxy) is 1. The number of carbonyl (C=O) groups is 2. The minimum atomic E-state index is -1.85. The fourth-order valence-electron chi connectivity index (χ4n) is 5.81. The van der Waals surface area contributed by atoms with Crippen LogP contribution in [0.1, 0.15) is 34.3 Å².